The average Bonchev–Trinajstić information content (AvgIpc) is 2.60. The summed E-state index contributed by atoms with van der Waals surface area (Å²) in [7, 11) is 0. The van der Waals surface area contributed by atoms with Crippen LogP contribution in [0.25, 0.3) is 0 Å². The van der Waals surface area contributed by atoms with E-state index in [0.29, 0.717) is 6.42 Å². The molecule has 3 nitrogen and oxygen atoms in total. The summed E-state index contributed by atoms with van der Waals surface area (Å²) >= 11 is 0. The van der Waals surface area contributed by atoms with Gasteiger partial charge in [0.2, 0.25) is 6.43 Å². The zero-order valence-electron chi connectivity index (χ0n) is 9.22. The second-order valence-electron chi connectivity index (χ2n) is 4.88. The number of nitrogens with one attached hydrogen (secondary N) is 1. The summed E-state index contributed by atoms with van der Waals surface area (Å²) in [5, 5.41) is 2.57. The Bertz CT molecular complexity index is 238. The summed E-state index contributed by atoms with van der Waals surface area (Å²) in [5.41, 5.74) is -0.544. The monoisotopic (exact) mass is 221 g/mol. The highest BCUT2D eigenvalue weighted by molar-refractivity contribution is 5.68. The Morgan fingerprint density at radius 2 is 2.13 bits per heavy atom. The molecule has 0 aromatic carbocycles. The third-order valence-electron chi connectivity index (χ3n) is 2.11. The minimum Gasteiger partial charge on any atom is -0.444 e. The fraction of sp³-hybridized carbons (Fsp3) is 0.900. The van der Waals surface area contributed by atoms with Crippen molar-refractivity contribution < 1.29 is 18.3 Å². The molecule has 1 aliphatic carbocycles. The molecule has 0 spiro atoms. The summed E-state index contributed by atoms with van der Waals surface area (Å²) in [5.74, 6) is -0.0856. The van der Waals surface area contributed by atoms with Crippen LogP contribution in [-0.2, 0) is 4.74 Å². The van der Waals surface area contributed by atoms with Gasteiger partial charge in [-0.1, -0.05) is 0 Å². The lowest BCUT2D eigenvalue weighted by Crippen LogP contribution is -2.34. The van der Waals surface area contributed by atoms with Gasteiger partial charge in [-0.3, -0.25) is 0 Å². The first-order valence-corrected chi connectivity index (χ1v) is 5.05. The Morgan fingerprint density at radius 3 is 2.60 bits per heavy atom. The predicted octanol–water partition coefficient (Wildman–Crippen LogP) is 2.55. The minimum atomic E-state index is -2.29. The first-order valence-electron chi connectivity index (χ1n) is 5.05. The molecule has 0 aromatic rings. The number of alkyl carbamates (subject to hydrolysis) is 1. The fourth-order valence-electron chi connectivity index (χ4n) is 1.37. The lowest BCUT2D eigenvalue weighted by atomic mass is 10.2. The van der Waals surface area contributed by atoms with E-state index in [-0.39, 0.29) is 18.4 Å². The Kier molecular flexibility index (Phi) is 3.52. The molecule has 0 heterocycles. The molecule has 88 valence electrons. The van der Waals surface area contributed by atoms with Crippen molar-refractivity contribution in [3.05, 3.63) is 0 Å². The molecule has 0 saturated heterocycles. The number of carbonyl (C=O) groups excluding carboxylic acids is 1. The lowest BCUT2D eigenvalue weighted by molar-refractivity contribution is 0.0516. The quantitative estimate of drug-likeness (QED) is 0.795. The van der Waals surface area contributed by atoms with Crippen LogP contribution in [0.5, 0.6) is 0 Å². The Labute approximate surface area is 88.2 Å². The molecule has 1 rings (SSSR count). The van der Waals surface area contributed by atoms with E-state index >= 15 is 0 Å². The van der Waals surface area contributed by atoms with Gasteiger partial charge in [0, 0.05) is 12.5 Å². The van der Waals surface area contributed by atoms with Crippen LogP contribution in [0, 0.1) is 5.92 Å². The molecule has 2 atom stereocenters. The maximum Gasteiger partial charge on any atom is 0.407 e. The van der Waals surface area contributed by atoms with E-state index in [1.165, 1.54) is 0 Å². The van der Waals surface area contributed by atoms with Crippen molar-refractivity contribution in [3.63, 3.8) is 0 Å². The van der Waals surface area contributed by atoms with E-state index in [4.69, 9.17) is 4.74 Å². The SMILES string of the molecule is CC(C)(C)OC(=O)N[C@@H]1C[C@H]1CC(F)F. The van der Waals surface area contributed by atoms with E-state index in [2.05, 4.69) is 5.32 Å². The number of hydrogen-bond acceptors (Lipinski definition) is 2. The Morgan fingerprint density at radius 1 is 1.53 bits per heavy atom. The van der Waals surface area contributed by atoms with Crippen LogP contribution in [0.4, 0.5) is 13.6 Å². The van der Waals surface area contributed by atoms with Crippen molar-refractivity contribution in [1.29, 1.82) is 0 Å². The lowest BCUT2D eigenvalue weighted by Gasteiger charge is -2.19. The number of ether oxygens (including phenoxy) is 1. The van der Waals surface area contributed by atoms with Crippen molar-refractivity contribution in [3.8, 4) is 0 Å². The first kappa shape index (κ1) is 12.2. The second kappa shape index (κ2) is 4.33. The molecule has 0 aromatic heterocycles. The highest BCUT2D eigenvalue weighted by Gasteiger charge is 2.40. The van der Waals surface area contributed by atoms with Gasteiger partial charge in [-0.2, -0.15) is 0 Å². The summed E-state index contributed by atoms with van der Waals surface area (Å²) in [6.07, 6.45) is -2.32. The fourth-order valence-corrected chi connectivity index (χ4v) is 1.37. The minimum absolute atomic E-state index is 0.0856. The Hall–Kier alpha value is -0.870. The van der Waals surface area contributed by atoms with E-state index in [9.17, 15) is 13.6 Å². The normalized spacial score (nSPS) is 25.2. The zero-order chi connectivity index (χ0) is 11.6. The van der Waals surface area contributed by atoms with Crippen molar-refractivity contribution in [2.24, 2.45) is 5.92 Å². The Balaban J connectivity index is 2.19. The average molecular weight is 221 g/mol. The third-order valence-corrected chi connectivity index (χ3v) is 2.11. The predicted molar refractivity (Wildman–Crippen MR) is 51.9 cm³/mol. The molecule has 1 N–H and O–H groups in total. The van der Waals surface area contributed by atoms with Crippen LogP contribution in [0.15, 0.2) is 0 Å². The summed E-state index contributed by atoms with van der Waals surface area (Å²) in [4.78, 5) is 11.2. The standard InChI is InChI=1S/C10H17F2NO2/c1-10(2,3)15-9(14)13-7-4-6(7)5-8(11)12/h6-8H,4-5H2,1-3H3,(H,13,14)/t6-,7+/m0/s1. The number of hydrogen-bond donors (Lipinski definition) is 1. The molecular weight excluding hydrogens is 204 g/mol. The molecule has 1 aliphatic rings. The number of carbonyl (C=O) groups is 1. The van der Waals surface area contributed by atoms with Gasteiger partial charge in [0.25, 0.3) is 0 Å². The zero-order valence-corrected chi connectivity index (χ0v) is 9.22. The van der Waals surface area contributed by atoms with Gasteiger partial charge < -0.3 is 10.1 Å². The van der Waals surface area contributed by atoms with Crippen LogP contribution in [0.3, 0.4) is 0 Å². The summed E-state index contributed by atoms with van der Waals surface area (Å²) in [6, 6.07) is -0.131. The van der Waals surface area contributed by atoms with Crippen LogP contribution in [0.1, 0.15) is 33.6 Å². The molecule has 1 saturated carbocycles. The van der Waals surface area contributed by atoms with Gasteiger partial charge >= 0.3 is 6.09 Å². The molecule has 1 amide bonds. The van der Waals surface area contributed by atoms with E-state index in [1.807, 2.05) is 0 Å². The molecule has 15 heavy (non-hydrogen) atoms. The van der Waals surface area contributed by atoms with Crippen LogP contribution in [0.2, 0.25) is 0 Å². The molecule has 0 radical (unpaired) electrons. The maximum atomic E-state index is 12.0. The van der Waals surface area contributed by atoms with Crippen molar-refractivity contribution in [2.45, 2.75) is 51.7 Å². The summed E-state index contributed by atoms with van der Waals surface area (Å²) in [6.45, 7) is 5.28. The molecule has 1 fully saturated rings. The van der Waals surface area contributed by atoms with Gasteiger partial charge in [0.05, 0.1) is 0 Å². The van der Waals surface area contributed by atoms with Gasteiger partial charge in [0.1, 0.15) is 5.60 Å². The van der Waals surface area contributed by atoms with Crippen molar-refractivity contribution in [1.82, 2.24) is 5.32 Å². The number of amides is 1. The van der Waals surface area contributed by atoms with Gasteiger partial charge in [-0.25, -0.2) is 13.6 Å². The van der Waals surface area contributed by atoms with E-state index < -0.39 is 18.1 Å². The molecule has 0 bridgehead atoms. The van der Waals surface area contributed by atoms with Crippen LogP contribution in [-0.4, -0.2) is 24.2 Å². The molecule has 0 unspecified atom stereocenters. The highest BCUT2D eigenvalue weighted by Crippen LogP contribution is 2.35. The van der Waals surface area contributed by atoms with Crippen LogP contribution >= 0.6 is 0 Å². The highest BCUT2D eigenvalue weighted by atomic mass is 19.3. The van der Waals surface area contributed by atoms with Gasteiger partial charge in [0.15, 0.2) is 0 Å². The molecule has 5 heteroatoms. The topological polar surface area (TPSA) is 38.3 Å². The van der Waals surface area contributed by atoms with Crippen molar-refractivity contribution >= 4 is 6.09 Å². The maximum absolute atomic E-state index is 12.0. The smallest absolute Gasteiger partial charge is 0.407 e. The van der Waals surface area contributed by atoms with Crippen molar-refractivity contribution in [2.75, 3.05) is 0 Å². The largest absolute Gasteiger partial charge is 0.444 e. The second-order valence-corrected chi connectivity index (χ2v) is 4.88. The first-order chi connectivity index (χ1) is 6.78. The van der Waals surface area contributed by atoms with Gasteiger partial charge in [-0.05, 0) is 33.1 Å². The molecule has 0 aliphatic heterocycles. The van der Waals surface area contributed by atoms with Gasteiger partial charge in [-0.15, -0.1) is 0 Å². The van der Waals surface area contributed by atoms with Crippen LogP contribution < -0.4 is 5.32 Å². The molecular formula is C10H17F2NO2. The van der Waals surface area contributed by atoms with E-state index in [1.54, 1.807) is 20.8 Å². The van der Waals surface area contributed by atoms with E-state index in [0.717, 1.165) is 0 Å². The number of alkyl halides is 2. The summed E-state index contributed by atoms with van der Waals surface area (Å²) < 4.78 is 28.9. The number of halogens is 2. The number of rotatable bonds is 3. The third kappa shape index (κ3) is 4.95.